The van der Waals surface area contributed by atoms with Gasteiger partial charge in [0.1, 0.15) is 0 Å². The third kappa shape index (κ3) is 4.90. The molecule has 0 N–H and O–H groups in total. The Balaban J connectivity index is 1.18. The Bertz CT molecular complexity index is 3130. The highest BCUT2D eigenvalue weighted by molar-refractivity contribution is 6.12. The molecule has 0 aliphatic heterocycles. The van der Waals surface area contributed by atoms with Crippen LogP contribution >= 0.6 is 0 Å². The smallest absolute Gasteiger partial charge is 0.168 e. The Labute approximate surface area is 326 Å². The van der Waals surface area contributed by atoms with Gasteiger partial charge in [0.15, 0.2) is 11.6 Å². The van der Waals surface area contributed by atoms with Gasteiger partial charge in [-0.2, -0.15) is 0 Å². The van der Waals surface area contributed by atoms with Crippen molar-refractivity contribution in [1.29, 1.82) is 0 Å². The van der Waals surface area contributed by atoms with Crippen LogP contribution in [0.25, 0.3) is 95.5 Å². The number of nitrogens with zero attached hydrogens (tertiary/aromatic N) is 3. The summed E-state index contributed by atoms with van der Waals surface area (Å²) in [5.41, 5.74) is 13.5. The summed E-state index contributed by atoms with van der Waals surface area (Å²) in [4.78, 5) is 0. The van der Waals surface area contributed by atoms with Crippen LogP contribution in [0.2, 0.25) is 0 Å². The van der Waals surface area contributed by atoms with E-state index in [0.29, 0.717) is 0 Å². The van der Waals surface area contributed by atoms with Gasteiger partial charge < -0.3 is 0 Å². The number of aromatic nitrogens is 3. The fourth-order valence-electron chi connectivity index (χ4n) is 9.50. The zero-order valence-electron chi connectivity index (χ0n) is 31.5. The molecule has 3 nitrogen and oxygen atoms in total. The van der Waals surface area contributed by atoms with Crippen molar-refractivity contribution in [3.8, 4) is 61.8 Å². The van der Waals surface area contributed by atoms with Gasteiger partial charge in [-0.15, -0.1) is 10.2 Å². The Morgan fingerprint density at radius 2 is 1.02 bits per heavy atom. The number of benzene rings is 8. The minimum atomic E-state index is -0.120. The van der Waals surface area contributed by atoms with Crippen LogP contribution in [0, 0.1) is 0 Å². The molecule has 0 atom stereocenters. The van der Waals surface area contributed by atoms with Gasteiger partial charge in [-0.3, -0.25) is 4.57 Å². The normalized spacial score (nSPS) is 13.8. The van der Waals surface area contributed by atoms with E-state index in [-0.39, 0.29) is 5.41 Å². The first-order valence-corrected chi connectivity index (χ1v) is 19.7. The van der Waals surface area contributed by atoms with Crippen molar-refractivity contribution in [2.75, 3.05) is 0 Å². The standard InChI is InChI=1S/C53H39N3/c1-53(2)47-27-14-13-23-40(47)44-32-45-46(33-48(44)53)49(42-24-11-12-25-43(42)50(45)41-26-15-19-34-16-9-10-22-39(34)41)35-28-30-37(31-29-35)52-55-54-51(36-17-5-3-6-18-36)56(52)38-20-7-4-8-21-38/h3-10,13-33H,11-12H2,1-2H3. The molecule has 3 heteroatoms. The average molecular weight is 718 g/mol. The van der Waals surface area contributed by atoms with Gasteiger partial charge in [-0.1, -0.05) is 166 Å². The van der Waals surface area contributed by atoms with E-state index < -0.39 is 0 Å². The number of rotatable bonds is 5. The zero-order valence-corrected chi connectivity index (χ0v) is 31.5. The number of hydrogen-bond donors (Lipinski definition) is 0. The number of hydrogen-bond acceptors (Lipinski definition) is 2. The van der Waals surface area contributed by atoms with Crippen LogP contribution in [0.5, 0.6) is 0 Å². The van der Waals surface area contributed by atoms with Gasteiger partial charge in [0, 0.05) is 22.2 Å². The molecular weight excluding hydrogens is 679 g/mol. The lowest BCUT2D eigenvalue weighted by Gasteiger charge is -2.24. The molecule has 56 heavy (non-hydrogen) atoms. The summed E-state index contributed by atoms with van der Waals surface area (Å²) in [7, 11) is 0. The third-order valence-electron chi connectivity index (χ3n) is 12.2. The van der Waals surface area contributed by atoms with E-state index in [0.717, 1.165) is 41.3 Å². The molecule has 8 aromatic carbocycles. The molecule has 0 bridgehead atoms. The second kappa shape index (κ2) is 12.6. The molecular formula is C53H39N3. The molecule has 0 saturated heterocycles. The van der Waals surface area contributed by atoms with Crippen LogP contribution in [0.3, 0.4) is 0 Å². The Hall–Kier alpha value is -6.84. The van der Waals surface area contributed by atoms with E-state index in [2.05, 4.69) is 170 Å². The van der Waals surface area contributed by atoms with E-state index in [1.807, 2.05) is 24.3 Å². The molecule has 0 saturated carbocycles. The first-order chi connectivity index (χ1) is 27.6. The van der Waals surface area contributed by atoms with Gasteiger partial charge >= 0.3 is 0 Å². The SMILES string of the molecule is CC1(C)c2ccccc2-c2cc3c(-c4cccc5ccccc45)c4c(c(-c5ccc(-c6nnc(-c7ccccc7)n6-c6ccccc6)cc5)c3cc21)=CCCC=4. The van der Waals surface area contributed by atoms with E-state index in [9.17, 15) is 0 Å². The fraction of sp³-hybridized carbons (Fsp3) is 0.0943. The van der Waals surface area contributed by atoms with Crippen molar-refractivity contribution in [1.82, 2.24) is 14.8 Å². The summed E-state index contributed by atoms with van der Waals surface area (Å²) in [6.07, 6.45) is 7.01. The molecule has 0 spiro atoms. The molecule has 9 aromatic rings. The van der Waals surface area contributed by atoms with Gasteiger partial charge in [0.25, 0.3) is 0 Å². The van der Waals surface area contributed by atoms with Crippen molar-refractivity contribution in [3.05, 3.63) is 185 Å². The summed E-state index contributed by atoms with van der Waals surface area (Å²) >= 11 is 0. The van der Waals surface area contributed by atoms with Crippen molar-refractivity contribution in [3.63, 3.8) is 0 Å². The Morgan fingerprint density at radius 3 is 1.79 bits per heavy atom. The molecule has 2 aliphatic rings. The Kier molecular flexibility index (Phi) is 7.34. The lowest BCUT2D eigenvalue weighted by Crippen LogP contribution is -2.31. The average Bonchev–Trinajstić information content (AvgIpc) is 3.80. The van der Waals surface area contributed by atoms with E-state index >= 15 is 0 Å². The van der Waals surface area contributed by atoms with Gasteiger partial charge in [0.05, 0.1) is 0 Å². The first-order valence-electron chi connectivity index (χ1n) is 19.7. The summed E-state index contributed by atoms with van der Waals surface area (Å²) in [6.45, 7) is 4.77. The number of fused-ring (bicyclic) bond motifs is 6. The maximum Gasteiger partial charge on any atom is 0.168 e. The summed E-state index contributed by atoms with van der Waals surface area (Å²) in [5.74, 6) is 1.64. The van der Waals surface area contributed by atoms with Crippen molar-refractivity contribution in [2.24, 2.45) is 0 Å². The minimum Gasteiger partial charge on any atom is -0.275 e. The van der Waals surface area contributed by atoms with Crippen LogP contribution in [0.15, 0.2) is 164 Å². The first kappa shape index (κ1) is 32.6. The summed E-state index contributed by atoms with van der Waals surface area (Å²) in [6, 6.07) is 59.4. The van der Waals surface area contributed by atoms with Crippen LogP contribution in [0.1, 0.15) is 37.8 Å². The molecule has 0 fully saturated rings. The summed E-state index contributed by atoms with van der Waals surface area (Å²) in [5, 5.41) is 17.4. The lowest BCUT2D eigenvalue weighted by molar-refractivity contribution is 0.661. The molecule has 266 valence electrons. The van der Waals surface area contributed by atoms with Crippen molar-refractivity contribution < 1.29 is 0 Å². The fourth-order valence-corrected chi connectivity index (χ4v) is 9.50. The molecule has 2 aliphatic carbocycles. The van der Waals surface area contributed by atoms with Gasteiger partial charge in [0.2, 0.25) is 0 Å². The van der Waals surface area contributed by atoms with Crippen molar-refractivity contribution >= 4 is 33.7 Å². The molecule has 0 radical (unpaired) electrons. The third-order valence-corrected chi connectivity index (χ3v) is 12.2. The topological polar surface area (TPSA) is 30.7 Å². The Morgan fingerprint density at radius 1 is 0.446 bits per heavy atom. The van der Waals surface area contributed by atoms with Crippen LogP contribution in [-0.4, -0.2) is 14.8 Å². The highest BCUT2D eigenvalue weighted by Crippen LogP contribution is 2.51. The highest BCUT2D eigenvalue weighted by atomic mass is 15.3. The predicted octanol–water partition coefficient (Wildman–Crippen LogP) is 11.9. The molecule has 11 rings (SSSR count). The minimum absolute atomic E-state index is 0.120. The monoisotopic (exact) mass is 717 g/mol. The van der Waals surface area contributed by atoms with Crippen LogP contribution in [0.4, 0.5) is 0 Å². The molecule has 1 heterocycles. The van der Waals surface area contributed by atoms with Crippen LogP contribution in [-0.2, 0) is 5.41 Å². The van der Waals surface area contributed by atoms with Gasteiger partial charge in [-0.05, 0) is 114 Å². The quantitative estimate of drug-likeness (QED) is 0.177. The lowest BCUT2D eigenvalue weighted by atomic mass is 9.79. The predicted molar refractivity (Wildman–Crippen MR) is 233 cm³/mol. The highest BCUT2D eigenvalue weighted by Gasteiger charge is 2.36. The van der Waals surface area contributed by atoms with Crippen LogP contribution < -0.4 is 10.4 Å². The van der Waals surface area contributed by atoms with Gasteiger partial charge in [-0.25, -0.2) is 0 Å². The maximum atomic E-state index is 4.81. The molecule has 0 amide bonds. The van der Waals surface area contributed by atoms with Crippen molar-refractivity contribution in [2.45, 2.75) is 32.1 Å². The maximum absolute atomic E-state index is 4.81. The second-order valence-corrected chi connectivity index (χ2v) is 15.7. The van der Waals surface area contributed by atoms with E-state index in [1.165, 1.54) is 76.5 Å². The zero-order chi connectivity index (χ0) is 37.4. The van der Waals surface area contributed by atoms with E-state index in [4.69, 9.17) is 10.2 Å². The summed E-state index contributed by atoms with van der Waals surface area (Å²) < 4.78 is 2.17. The number of para-hydroxylation sites is 1. The molecule has 0 unspecified atom stereocenters. The molecule has 1 aromatic heterocycles. The largest absolute Gasteiger partial charge is 0.275 e. The second-order valence-electron chi connectivity index (χ2n) is 15.7. The van der Waals surface area contributed by atoms with E-state index in [1.54, 1.807) is 0 Å².